The summed E-state index contributed by atoms with van der Waals surface area (Å²) in [6.45, 7) is 8.63. The molecule has 0 fully saturated rings. The minimum Gasteiger partial charge on any atom is -0.236 e. The van der Waals surface area contributed by atoms with E-state index < -0.39 is 0 Å². The molecule has 0 N–H and O–H groups in total. The minimum atomic E-state index is 0.0625. The molecule has 1 unspecified atom stereocenters. The van der Waals surface area contributed by atoms with Gasteiger partial charge in [0.1, 0.15) is 0 Å². The van der Waals surface area contributed by atoms with Crippen molar-refractivity contribution >= 4 is 0 Å². The van der Waals surface area contributed by atoms with Gasteiger partial charge in [-0.15, -0.1) is 0 Å². The Kier molecular flexibility index (Phi) is 3.95. The zero-order valence-corrected chi connectivity index (χ0v) is 7.61. The molecule has 61 valence electrons. The van der Waals surface area contributed by atoms with Gasteiger partial charge in [0.25, 0.3) is 0 Å². The van der Waals surface area contributed by atoms with Gasteiger partial charge in [0.2, 0.25) is 0 Å². The van der Waals surface area contributed by atoms with Gasteiger partial charge in [-0.1, -0.05) is 34.1 Å². The summed E-state index contributed by atoms with van der Waals surface area (Å²) in [5.74, 6) is 0.312. The number of hydrogen-bond donors (Lipinski definition) is 0. The summed E-state index contributed by atoms with van der Waals surface area (Å²) >= 11 is 0. The molecule has 0 saturated heterocycles. The van der Waals surface area contributed by atoms with Crippen molar-refractivity contribution in [2.45, 2.75) is 40.5 Å². The molecule has 0 rings (SSSR count). The standard InChI is InChI=1S/C9H19O/c1-5-6-9(3,4)8(2)7-10/h8H,5-7H2,1-4H3. The molecule has 1 heteroatoms. The number of rotatable bonds is 4. The smallest absolute Gasteiger partial charge is 0.0852 e. The van der Waals surface area contributed by atoms with Crippen molar-refractivity contribution in [3.63, 3.8) is 0 Å². The molecule has 0 saturated carbocycles. The zero-order chi connectivity index (χ0) is 8.20. The maximum Gasteiger partial charge on any atom is 0.0852 e. The quantitative estimate of drug-likeness (QED) is 0.576. The molecule has 0 aromatic rings. The third-order valence-electron chi connectivity index (χ3n) is 2.48. The van der Waals surface area contributed by atoms with E-state index in [9.17, 15) is 5.11 Å². The summed E-state index contributed by atoms with van der Waals surface area (Å²) in [5.41, 5.74) is 0.247. The second-order valence-corrected chi connectivity index (χ2v) is 3.81. The van der Waals surface area contributed by atoms with Crippen molar-refractivity contribution in [3.8, 4) is 0 Å². The van der Waals surface area contributed by atoms with Crippen molar-refractivity contribution in [2.75, 3.05) is 6.61 Å². The third-order valence-corrected chi connectivity index (χ3v) is 2.48. The van der Waals surface area contributed by atoms with Gasteiger partial charge in [-0.25, -0.2) is 5.11 Å². The minimum absolute atomic E-state index is 0.0625. The first-order valence-corrected chi connectivity index (χ1v) is 4.12. The molecule has 1 radical (unpaired) electrons. The Hall–Kier alpha value is -0.0400. The molecule has 0 heterocycles. The lowest BCUT2D eigenvalue weighted by Crippen LogP contribution is -2.23. The summed E-state index contributed by atoms with van der Waals surface area (Å²) in [6.07, 6.45) is 2.34. The van der Waals surface area contributed by atoms with Crippen LogP contribution in [-0.2, 0) is 5.11 Å². The van der Waals surface area contributed by atoms with Crippen molar-refractivity contribution in [1.29, 1.82) is 0 Å². The van der Waals surface area contributed by atoms with E-state index in [1.807, 2.05) is 6.92 Å². The highest BCUT2D eigenvalue weighted by Crippen LogP contribution is 2.31. The summed E-state index contributed by atoms with van der Waals surface area (Å²) in [4.78, 5) is 0. The Balaban J connectivity index is 3.82. The molecule has 0 aromatic carbocycles. The highest BCUT2D eigenvalue weighted by atomic mass is 16.3. The Morgan fingerprint density at radius 3 is 2.20 bits per heavy atom. The molecule has 0 aromatic heterocycles. The van der Waals surface area contributed by atoms with Gasteiger partial charge < -0.3 is 0 Å². The Morgan fingerprint density at radius 1 is 1.40 bits per heavy atom. The first-order valence-electron chi connectivity index (χ1n) is 4.12. The molecule has 1 nitrogen and oxygen atoms in total. The van der Waals surface area contributed by atoms with Gasteiger partial charge in [0, 0.05) is 0 Å². The first-order chi connectivity index (χ1) is 4.54. The lowest BCUT2D eigenvalue weighted by Gasteiger charge is -2.29. The molecule has 0 spiro atoms. The lowest BCUT2D eigenvalue weighted by atomic mass is 9.77. The highest BCUT2D eigenvalue weighted by molar-refractivity contribution is 4.73. The topological polar surface area (TPSA) is 19.9 Å². The van der Waals surface area contributed by atoms with E-state index in [0.717, 1.165) is 6.42 Å². The van der Waals surface area contributed by atoms with Crippen LogP contribution in [-0.4, -0.2) is 6.61 Å². The molecule has 10 heavy (non-hydrogen) atoms. The largest absolute Gasteiger partial charge is 0.236 e. The predicted molar refractivity (Wildman–Crippen MR) is 43.4 cm³/mol. The van der Waals surface area contributed by atoms with Crippen LogP contribution in [0, 0.1) is 11.3 Å². The van der Waals surface area contributed by atoms with Gasteiger partial charge in [0.15, 0.2) is 0 Å². The molecule has 0 aliphatic heterocycles. The van der Waals surface area contributed by atoms with Crippen LogP contribution in [0.15, 0.2) is 0 Å². The van der Waals surface area contributed by atoms with Crippen LogP contribution in [0.2, 0.25) is 0 Å². The molecular formula is C9H19O. The van der Waals surface area contributed by atoms with E-state index in [1.165, 1.54) is 6.42 Å². The maximum absolute atomic E-state index is 10.6. The van der Waals surface area contributed by atoms with E-state index in [-0.39, 0.29) is 12.0 Å². The van der Waals surface area contributed by atoms with Crippen LogP contribution >= 0.6 is 0 Å². The van der Waals surface area contributed by atoms with Gasteiger partial charge in [-0.2, -0.15) is 0 Å². The van der Waals surface area contributed by atoms with Crippen LogP contribution in [0.1, 0.15) is 40.5 Å². The van der Waals surface area contributed by atoms with Gasteiger partial charge >= 0.3 is 0 Å². The summed E-state index contributed by atoms with van der Waals surface area (Å²) in [5, 5.41) is 10.6. The van der Waals surface area contributed by atoms with Gasteiger partial charge in [-0.3, -0.25) is 0 Å². The molecule has 0 amide bonds. The Bertz CT molecular complexity index is 86.7. The van der Waals surface area contributed by atoms with E-state index in [4.69, 9.17) is 0 Å². The Morgan fingerprint density at radius 2 is 1.90 bits per heavy atom. The molecule has 1 atom stereocenters. The van der Waals surface area contributed by atoms with Crippen LogP contribution in [0.4, 0.5) is 0 Å². The van der Waals surface area contributed by atoms with E-state index in [2.05, 4.69) is 20.8 Å². The van der Waals surface area contributed by atoms with E-state index in [1.54, 1.807) is 0 Å². The summed E-state index contributed by atoms with van der Waals surface area (Å²) in [6, 6.07) is 0. The van der Waals surface area contributed by atoms with Gasteiger partial charge in [0.05, 0.1) is 6.61 Å². The monoisotopic (exact) mass is 143 g/mol. The fraction of sp³-hybridized carbons (Fsp3) is 1.00. The van der Waals surface area contributed by atoms with Crippen LogP contribution < -0.4 is 0 Å². The van der Waals surface area contributed by atoms with Crippen LogP contribution in [0.5, 0.6) is 0 Å². The van der Waals surface area contributed by atoms with E-state index >= 15 is 0 Å². The fourth-order valence-corrected chi connectivity index (χ4v) is 1.12. The molecule has 0 aliphatic rings. The SMILES string of the molecule is CCCC(C)(C)C(C)C[O]. The van der Waals surface area contributed by atoms with Crippen molar-refractivity contribution < 1.29 is 5.11 Å². The van der Waals surface area contributed by atoms with Crippen molar-refractivity contribution in [1.82, 2.24) is 0 Å². The van der Waals surface area contributed by atoms with Gasteiger partial charge in [-0.05, 0) is 17.8 Å². The third kappa shape index (κ3) is 2.70. The second-order valence-electron chi connectivity index (χ2n) is 3.81. The average molecular weight is 143 g/mol. The van der Waals surface area contributed by atoms with Crippen molar-refractivity contribution in [3.05, 3.63) is 0 Å². The number of hydrogen-bond acceptors (Lipinski definition) is 0. The molecular weight excluding hydrogens is 124 g/mol. The maximum atomic E-state index is 10.6. The average Bonchev–Trinajstić information content (AvgIpc) is 1.86. The fourth-order valence-electron chi connectivity index (χ4n) is 1.12. The van der Waals surface area contributed by atoms with Crippen LogP contribution in [0.3, 0.4) is 0 Å². The summed E-state index contributed by atoms with van der Waals surface area (Å²) in [7, 11) is 0. The predicted octanol–water partition coefficient (Wildman–Crippen LogP) is 2.88. The van der Waals surface area contributed by atoms with E-state index in [0.29, 0.717) is 5.92 Å². The zero-order valence-electron chi connectivity index (χ0n) is 7.61. The Labute approximate surface area is 64.5 Å². The second kappa shape index (κ2) is 3.97. The summed E-state index contributed by atoms with van der Waals surface area (Å²) < 4.78 is 0. The van der Waals surface area contributed by atoms with Crippen LogP contribution in [0.25, 0.3) is 0 Å². The molecule has 0 bridgehead atoms. The van der Waals surface area contributed by atoms with Crippen molar-refractivity contribution in [2.24, 2.45) is 11.3 Å². The molecule has 0 aliphatic carbocycles. The normalized spacial score (nSPS) is 15.3. The first kappa shape index (κ1) is 9.96. The highest BCUT2D eigenvalue weighted by Gasteiger charge is 2.23. The lowest BCUT2D eigenvalue weighted by molar-refractivity contribution is 0.0766.